The maximum Gasteiger partial charge on any atom is 0.254 e. The van der Waals surface area contributed by atoms with E-state index in [1.165, 1.54) is 24.8 Å². The molecule has 206 valence electrons. The summed E-state index contributed by atoms with van der Waals surface area (Å²) in [6.07, 6.45) is 7.09. The average molecular weight is 537 g/mol. The fourth-order valence-electron chi connectivity index (χ4n) is 7.43. The molecule has 0 radical (unpaired) electrons. The standard InChI is InChI=1S/C32H36N6O2/c1-18-22-7-9-26(18)38(17-22)32(39)23-12-25-29(28(14-23)40-3)36(2)31(35-25)27-13-20-6-8-24(21-10-11-33-15-21)34-30(20)37(27)16-19-4-5-19/h6,8,10,12-14,18-19,22,26,33H,4-5,7,9,11,15-17H2,1-3H3/t18-,22?,26?/m1/s1. The summed E-state index contributed by atoms with van der Waals surface area (Å²) in [6.45, 7) is 5.85. The molecule has 2 aliphatic heterocycles. The summed E-state index contributed by atoms with van der Waals surface area (Å²) < 4.78 is 10.3. The zero-order valence-corrected chi connectivity index (χ0v) is 23.5. The molecule has 1 N–H and O–H groups in total. The van der Waals surface area contributed by atoms with Gasteiger partial charge in [-0.1, -0.05) is 13.0 Å². The van der Waals surface area contributed by atoms with E-state index in [1.54, 1.807) is 7.11 Å². The molecule has 3 atom stereocenters. The zero-order valence-electron chi connectivity index (χ0n) is 23.5. The quantitative estimate of drug-likeness (QED) is 0.381. The number of ether oxygens (including phenoxy) is 1. The SMILES string of the molecule is COc1cc(C(=O)N2CC3CCC2[C@@H]3C)cc2nc(-c3cc4ccc(C5=CCNC5)nc4n3CC3CC3)n(C)c12. The van der Waals surface area contributed by atoms with E-state index >= 15 is 0 Å². The number of nitrogens with one attached hydrogen (secondary N) is 1. The first-order valence-corrected chi connectivity index (χ1v) is 14.8. The topological polar surface area (TPSA) is 77.2 Å². The van der Waals surface area contributed by atoms with Crippen LogP contribution in [0, 0.1) is 17.8 Å². The highest BCUT2D eigenvalue weighted by Gasteiger charge is 2.46. The van der Waals surface area contributed by atoms with Gasteiger partial charge in [0, 0.05) is 50.2 Å². The van der Waals surface area contributed by atoms with E-state index in [1.807, 2.05) is 19.2 Å². The minimum Gasteiger partial charge on any atom is -0.494 e. The minimum absolute atomic E-state index is 0.0988. The number of methoxy groups -OCH3 is 1. The second kappa shape index (κ2) is 8.93. The van der Waals surface area contributed by atoms with Crippen molar-refractivity contribution >= 4 is 33.5 Å². The Hall–Kier alpha value is -3.65. The molecular formula is C32H36N6O2. The van der Waals surface area contributed by atoms with Gasteiger partial charge in [0.2, 0.25) is 0 Å². The van der Waals surface area contributed by atoms with E-state index in [2.05, 4.69) is 50.5 Å². The van der Waals surface area contributed by atoms with Crippen molar-refractivity contribution in [2.45, 2.75) is 45.2 Å². The van der Waals surface area contributed by atoms with Gasteiger partial charge in [0.15, 0.2) is 5.82 Å². The molecule has 1 aromatic carbocycles. The van der Waals surface area contributed by atoms with Crippen molar-refractivity contribution in [2.75, 3.05) is 26.7 Å². The highest BCUT2D eigenvalue weighted by Crippen LogP contribution is 2.43. The Morgan fingerprint density at radius 1 is 1.12 bits per heavy atom. The van der Waals surface area contributed by atoms with Crippen LogP contribution >= 0.6 is 0 Å². The number of benzene rings is 1. The number of fused-ring (bicyclic) bond motifs is 4. The summed E-state index contributed by atoms with van der Waals surface area (Å²) in [6, 6.07) is 10.8. The largest absolute Gasteiger partial charge is 0.494 e. The molecule has 5 heterocycles. The predicted molar refractivity (Wildman–Crippen MR) is 156 cm³/mol. The zero-order chi connectivity index (χ0) is 27.1. The van der Waals surface area contributed by atoms with E-state index in [-0.39, 0.29) is 5.91 Å². The first kappa shape index (κ1) is 24.2. The fourth-order valence-corrected chi connectivity index (χ4v) is 7.43. The number of amides is 1. The summed E-state index contributed by atoms with van der Waals surface area (Å²) >= 11 is 0. The molecule has 4 aliphatic rings. The monoisotopic (exact) mass is 536 g/mol. The first-order chi connectivity index (χ1) is 19.5. The van der Waals surface area contributed by atoms with Crippen molar-refractivity contribution in [3.8, 4) is 17.3 Å². The Morgan fingerprint density at radius 2 is 2.00 bits per heavy atom. The molecule has 2 aliphatic carbocycles. The van der Waals surface area contributed by atoms with E-state index < -0.39 is 0 Å². The maximum atomic E-state index is 13.7. The van der Waals surface area contributed by atoms with Crippen LogP contribution in [0.25, 0.3) is 39.2 Å². The van der Waals surface area contributed by atoms with Crippen LogP contribution in [-0.2, 0) is 13.6 Å². The number of carbonyl (C=O) groups is 1. The third-order valence-corrected chi connectivity index (χ3v) is 9.93. The molecule has 3 aromatic heterocycles. The molecule has 4 aromatic rings. The number of hydrogen-bond acceptors (Lipinski definition) is 5. The summed E-state index contributed by atoms with van der Waals surface area (Å²) in [5, 5.41) is 4.51. The number of aryl methyl sites for hydroxylation is 1. The Balaban J connectivity index is 1.24. The number of nitrogens with zero attached hydrogens (tertiary/aromatic N) is 5. The molecule has 8 rings (SSSR count). The summed E-state index contributed by atoms with van der Waals surface area (Å²) in [7, 11) is 3.72. The van der Waals surface area contributed by atoms with Crippen molar-refractivity contribution in [3.05, 3.63) is 47.7 Å². The number of piperidine rings is 1. The molecule has 40 heavy (non-hydrogen) atoms. The van der Waals surface area contributed by atoms with Crippen LogP contribution in [-0.4, -0.2) is 62.7 Å². The number of imidazole rings is 1. The van der Waals surface area contributed by atoms with Gasteiger partial charge in [-0.2, -0.15) is 0 Å². The van der Waals surface area contributed by atoms with Gasteiger partial charge in [-0.3, -0.25) is 4.79 Å². The van der Waals surface area contributed by atoms with E-state index in [4.69, 9.17) is 14.7 Å². The molecular weight excluding hydrogens is 500 g/mol. The molecule has 1 amide bonds. The van der Waals surface area contributed by atoms with Crippen molar-refractivity contribution in [1.29, 1.82) is 0 Å². The van der Waals surface area contributed by atoms with Gasteiger partial charge in [0.25, 0.3) is 5.91 Å². The average Bonchev–Trinajstić information content (AvgIpc) is 3.34. The molecule has 8 heteroatoms. The van der Waals surface area contributed by atoms with Crippen molar-refractivity contribution in [3.63, 3.8) is 0 Å². The van der Waals surface area contributed by atoms with Crippen molar-refractivity contribution in [2.24, 2.45) is 24.8 Å². The molecule has 8 nitrogen and oxygen atoms in total. The van der Waals surface area contributed by atoms with Gasteiger partial charge in [0.05, 0.1) is 24.0 Å². The number of aromatic nitrogens is 4. The van der Waals surface area contributed by atoms with Crippen molar-refractivity contribution < 1.29 is 9.53 Å². The second-order valence-electron chi connectivity index (χ2n) is 12.3. The van der Waals surface area contributed by atoms with Crippen LogP contribution in [0.5, 0.6) is 5.75 Å². The summed E-state index contributed by atoms with van der Waals surface area (Å²) in [5.41, 5.74) is 6.73. The third kappa shape index (κ3) is 3.65. The molecule has 2 saturated carbocycles. The molecule has 2 unspecified atom stereocenters. The van der Waals surface area contributed by atoms with Crippen LogP contribution < -0.4 is 10.1 Å². The highest BCUT2D eigenvalue weighted by molar-refractivity contribution is 6.00. The Labute approximate surface area is 234 Å². The van der Waals surface area contributed by atoms with Gasteiger partial charge in [-0.25, -0.2) is 9.97 Å². The Morgan fingerprint density at radius 3 is 2.70 bits per heavy atom. The lowest BCUT2D eigenvalue weighted by atomic mass is 10.0. The van der Waals surface area contributed by atoms with Crippen LogP contribution in [0.3, 0.4) is 0 Å². The Bertz CT molecular complexity index is 1710. The van der Waals surface area contributed by atoms with Gasteiger partial charge in [0.1, 0.15) is 16.9 Å². The van der Waals surface area contributed by atoms with E-state index in [9.17, 15) is 4.79 Å². The predicted octanol–water partition coefficient (Wildman–Crippen LogP) is 4.87. The molecule has 2 bridgehead atoms. The van der Waals surface area contributed by atoms with Crippen LogP contribution in [0.15, 0.2) is 36.4 Å². The number of likely N-dealkylation sites (tertiary alicyclic amines) is 1. The lowest BCUT2D eigenvalue weighted by Gasteiger charge is -2.27. The fraction of sp³-hybridized carbons (Fsp3) is 0.469. The smallest absolute Gasteiger partial charge is 0.254 e. The summed E-state index contributed by atoms with van der Waals surface area (Å²) in [4.78, 5) is 26.1. The first-order valence-electron chi connectivity index (χ1n) is 14.8. The van der Waals surface area contributed by atoms with Gasteiger partial charge >= 0.3 is 0 Å². The molecule has 3 fully saturated rings. The van der Waals surface area contributed by atoms with Gasteiger partial charge < -0.3 is 24.1 Å². The van der Waals surface area contributed by atoms with Gasteiger partial charge in [-0.05, 0) is 79.3 Å². The van der Waals surface area contributed by atoms with E-state index in [0.29, 0.717) is 35.1 Å². The number of hydrogen-bond donors (Lipinski definition) is 1. The maximum absolute atomic E-state index is 13.7. The highest BCUT2D eigenvalue weighted by atomic mass is 16.5. The minimum atomic E-state index is 0.0988. The van der Waals surface area contributed by atoms with Gasteiger partial charge in [-0.15, -0.1) is 0 Å². The molecule has 0 spiro atoms. The van der Waals surface area contributed by atoms with Crippen molar-refractivity contribution in [1.82, 2.24) is 29.3 Å². The normalized spacial score (nSPS) is 24.0. The molecule has 1 saturated heterocycles. The lowest BCUT2D eigenvalue weighted by Crippen LogP contribution is -2.38. The van der Waals surface area contributed by atoms with Crippen LogP contribution in [0.1, 0.15) is 48.7 Å². The number of rotatable bonds is 6. The van der Waals surface area contributed by atoms with Crippen LogP contribution in [0.2, 0.25) is 0 Å². The number of carbonyl (C=O) groups excluding carboxylic acids is 1. The third-order valence-electron chi connectivity index (χ3n) is 9.93. The second-order valence-corrected chi connectivity index (χ2v) is 12.3. The summed E-state index contributed by atoms with van der Waals surface area (Å²) in [5.74, 6) is 3.55. The Kier molecular flexibility index (Phi) is 5.40. The van der Waals surface area contributed by atoms with Crippen LogP contribution in [0.4, 0.5) is 0 Å². The number of pyridine rings is 1. The lowest BCUT2D eigenvalue weighted by molar-refractivity contribution is 0.0696. The van der Waals surface area contributed by atoms with E-state index in [0.717, 1.165) is 71.9 Å².